The zero-order valence-corrected chi connectivity index (χ0v) is 8.84. The molecule has 7 N–H and O–H groups in total. The molecule has 0 saturated heterocycles. The second kappa shape index (κ2) is 22.6. The summed E-state index contributed by atoms with van der Waals surface area (Å²) in [5.41, 5.74) is -0.0216. The zero-order valence-electron chi connectivity index (χ0n) is 8.08. The molecule has 14 heavy (non-hydrogen) atoms. The molecule has 7 heteroatoms. The number of hydrogen-bond acceptors (Lipinski definition) is 5. The molecule has 0 atom stereocenters. The number of hydrogen-bond donors (Lipinski definition) is 3. The first kappa shape index (κ1) is 23.0. The maximum Gasteiger partial charge on any atom is 0.143 e. The smallest absolute Gasteiger partial charge is 0.143 e. The molecule has 0 aromatic heterocycles. The highest BCUT2D eigenvalue weighted by Gasteiger charge is 1.93. The average Bonchev–Trinajstić information content (AvgIpc) is 2.11. The van der Waals surface area contributed by atoms with Crippen LogP contribution in [-0.4, -0.2) is 17.2 Å². The summed E-state index contributed by atoms with van der Waals surface area (Å²) in [5, 5.41) is 24.0. The Balaban J connectivity index is -0.0000000716. The first-order valence-electron chi connectivity index (χ1n) is 3.24. The van der Waals surface area contributed by atoms with E-state index in [4.69, 9.17) is 27.2 Å². The maximum absolute atomic E-state index is 8.08. The van der Waals surface area contributed by atoms with Crippen molar-refractivity contribution < 1.29 is 10.6 Å². The van der Waals surface area contributed by atoms with Gasteiger partial charge < -0.3 is 10.6 Å². The van der Waals surface area contributed by atoms with E-state index in [2.05, 4.69) is 11.7 Å². The van der Waals surface area contributed by atoms with E-state index in [-0.39, 0.29) is 22.7 Å². The molecule has 0 aliphatic rings. The molecule has 0 bridgehead atoms. The van der Waals surface area contributed by atoms with Gasteiger partial charge in [-0.15, -0.1) is 0 Å². The number of hydrazine groups is 1. The van der Waals surface area contributed by atoms with Crippen LogP contribution in [0.25, 0.3) is 0 Å². The van der Waals surface area contributed by atoms with Crippen LogP contribution in [-0.2, 0) is 0 Å². The molecule has 0 spiro atoms. The fourth-order valence-electron chi connectivity index (χ4n) is 0.179. The highest BCUT2D eigenvalue weighted by molar-refractivity contribution is 6.30. The molecule has 0 rings (SSSR count). The van der Waals surface area contributed by atoms with Gasteiger partial charge in [0.1, 0.15) is 17.7 Å². The first-order valence-corrected chi connectivity index (χ1v) is 3.62. The second-order valence-electron chi connectivity index (χ2n) is 1.45. The van der Waals surface area contributed by atoms with Crippen LogP contribution in [0.5, 0.6) is 0 Å². The van der Waals surface area contributed by atoms with Crippen LogP contribution in [0.15, 0.2) is 10.6 Å². The molecule has 0 aromatic carbocycles. The van der Waals surface area contributed by atoms with E-state index in [9.17, 15) is 0 Å². The van der Waals surface area contributed by atoms with Crippen LogP contribution >= 0.6 is 11.6 Å². The van der Waals surface area contributed by atoms with Crippen molar-refractivity contribution in [1.29, 1.82) is 10.5 Å². The number of aliphatic hydroxyl groups excluding tert-OH is 1. The average molecular weight is 223 g/mol. The van der Waals surface area contributed by atoms with Gasteiger partial charge in [-0.25, -0.2) is 0 Å². The number of nitrogens with zero attached hydrogens (tertiary/aromatic N) is 2. The van der Waals surface area contributed by atoms with Crippen LogP contribution in [0.3, 0.4) is 0 Å². The number of nitrogens with two attached hydrogens (primary N) is 2. The number of halogens is 1. The number of rotatable bonds is 0. The Labute approximate surface area is 88.3 Å². The van der Waals surface area contributed by atoms with Crippen molar-refractivity contribution >= 4 is 11.6 Å². The quantitative estimate of drug-likeness (QED) is 0.288. The fraction of sp³-hybridized carbons (Fsp3) is 0.429. The minimum absolute atomic E-state index is 0. The van der Waals surface area contributed by atoms with Crippen LogP contribution in [0, 0.1) is 22.7 Å². The lowest BCUT2D eigenvalue weighted by Gasteiger charge is -1.78. The summed E-state index contributed by atoms with van der Waals surface area (Å²) in [6, 6.07) is 3.28. The Hall–Kier alpha value is -1.15. The second-order valence-corrected chi connectivity index (χ2v) is 2.02. The van der Waals surface area contributed by atoms with Crippen molar-refractivity contribution in [2.45, 2.75) is 13.8 Å². The number of aliphatic hydroxyl groups is 1. The Kier molecular flexibility index (Phi) is 37.3. The summed E-state index contributed by atoms with van der Waals surface area (Å²) in [4.78, 5) is 0. The minimum atomic E-state index is -0.0216. The molecule has 0 heterocycles. The number of allylic oxidation sites excluding steroid dienone is 2. The van der Waals surface area contributed by atoms with Crippen molar-refractivity contribution in [2.75, 3.05) is 6.61 Å². The summed E-state index contributed by atoms with van der Waals surface area (Å²) in [7, 11) is 0. The highest BCUT2D eigenvalue weighted by Crippen LogP contribution is 2.04. The molecule has 0 saturated carbocycles. The van der Waals surface area contributed by atoms with Gasteiger partial charge in [0.05, 0.1) is 0 Å². The summed E-state index contributed by atoms with van der Waals surface area (Å²) in [6.45, 7) is 3.43. The van der Waals surface area contributed by atoms with E-state index in [0.717, 1.165) is 0 Å². The molecular formula is C7H15ClN4O2. The zero-order chi connectivity index (χ0) is 11.3. The largest absolute Gasteiger partial charge is 0.412 e. The van der Waals surface area contributed by atoms with Gasteiger partial charge in [-0.1, -0.05) is 11.6 Å². The van der Waals surface area contributed by atoms with Crippen molar-refractivity contribution in [3.8, 4) is 12.1 Å². The van der Waals surface area contributed by atoms with Gasteiger partial charge >= 0.3 is 0 Å². The molecule has 0 radical (unpaired) electrons. The predicted molar refractivity (Wildman–Crippen MR) is 54.5 cm³/mol. The van der Waals surface area contributed by atoms with E-state index in [1.807, 2.05) is 0 Å². The van der Waals surface area contributed by atoms with Gasteiger partial charge in [-0.05, 0) is 13.8 Å². The molecule has 0 fully saturated rings. The minimum Gasteiger partial charge on any atom is -0.412 e. The molecule has 0 aliphatic heterocycles. The third-order valence-corrected chi connectivity index (χ3v) is 0.757. The maximum atomic E-state index is 8.08. The third kappa shape index (κ3) is 22.4. The first-order chi connectivity index (χ1) is 6.13. The van der Waals surface area contributed by atoms with Crippen molar-refractivity contribution in [3.05, 3.63) is 10.6 Å². The lowest BCUT2D eigenvalue weighted by atomic mass is 10.3. The molecular weight excluding hydrogens is 208 g/mol. The summed E-state index contributed by atoms with van der Waals surface area (Å²) >= 11 is 5.28. The van der Waals surface area contributed by atoms with Crippen LogP contribution < -0.4 is 11.7 Å². The van der Waals surface area contributed by atoms with Crippen molar-refractivity contribution in [3.63, 3.8) is 0 Å². The molecule has 0 aliphatic carbocycles. The molecule has 82 valence electrons. The molecule has 0 aromatic rings. The van der Waals surface area contributed by atoms with E-state index >= 15 is 0 Å². The lowest BCUT2D eigenvalue weighted by Crippen LogP contribution is -2.02. The number of nitriles is 2. The van der Waals surface area contributed by atoms with Gasteiger partial charge in [0, 0.05) is 11.6 Å². The van der Waals surface area contributed by atoms with E-state index in [1.165, 1.54) is 6.92 Å². The Bertz CT molecular complexity index is 197. The van der Waals surface area contributed by atoms with Gasteiger partial charge in [-0.3, -0.25) is 11.7 Å². The SMILES string of the molecule is CC(Cl)=C(C#N)C#N.CCO.NN.O. The van der Waals surface area contributed by atoms with Crippen molar-refractivity contribution in [1.82, 2.24) is 0 Å². The summed E-state index contributed by atoms with van der Waals surface area (Å²) < 4.78 is 0. The summed E-state index contributed by atoms with van der Waals surface area (Å²) in [5.74, 6) is 8.00. The third-order valence-electron chi connectivity index (χ3n) is 0.568. The van der Waals surface area contributed by atoms with Crippen LogP contribution in [0.1, 0.15) is 13.8 Å². The van der Waals surface area contributed by atoms with Gasteiger partial charge in [0.25, 0.3) is 0 Å². The van der Waals surface area contributed by atoms with Gasteiger partial charge in [0.2, 0.25) is 0 Å². The van der Waals surface area contributed by atoms with Crippen LogP contribution in [0.2, 0.25) is 0 Å². The molecule has 0 amide bonds. The van der Waals surface area contributed by atoms with Gasteiger partial charge in [0.15, 0.2) is 0 Å². The Morgan fingerprint density at radius 2 is 1.57 bits per heavy atom. The van der Waals surface area contributed by atoms with Crippen molar-refractivity contribution in [2.24, 2.45) is 11.7 Å². The fourth-order valence-corrected chi connectivity index (χ4v) is 0.264. The summed E-state index contributed by atoms with van der Waals surface area (Å²) in [6.07, 6.45) is 0. The highest BCUT2D eigenvalue weighted by atomic mass is 35.5. The standard InChI is InChI=1S/C5H3ClN2.C2H6O.H4N2.H2O/c1-4(6)5(2-7)3-8;1-2-3;1-2;/h1H3;3H,2H2,1H3;1-2H2;1H2. The monoisotopic (exact) mass is 222 g/mol. The normalized spacial score (nSPS) is 5.43. The van der Waals surface area contributed by atoms with E-state index in [0.29, 0.717) is 0 Å². The van der Waals surface area contributed by atoms with Gasteiger partial charge in [-0.2, -0.15) is 10.5 Å². The Morgan fingerprint density at radius 1 is 1.36 bits per heavy atom. The van der Waals surface area contributed by atoms with E-state index < -0.39 is 0 Å². The lowest BCUT2D eigenvalue weighted by molar-refractivity contribution is 0.318. The molecule has 0 unspecified atom stereocenters. The van der Waals surface area contributed by atoms with E-state index in [1.54, 1.807) is 19.1 Å². The molecule has 6 nitrogen and oxygen atoms in total. The van der Waals surface area contributed by atoms with Crippen LogP contribution in [0.4, 0.5) is 0 Å². The topological polar surface area (TPSA) is 151 Å². The predicted octanol–water partition coefficient (Wildman–Crippen LogP) is -0.461. The Morgan fingerprint density at radius 3 is 1.57 bits per heavy atom.